The van der Waals surface area contributed by atoms with Crippen LogP contribution in [0.15, 0.2) is 58.9 Å². The van der Waals surface area contributed by atoms with Gasteiger partial charge in [0, 0.05) is 18.4 Å². The molecule has 0 spiro atoms. The second-order valence-electron chi connectivity index (χ2n) is 4.70. The standard InChI is InChI=1S/C16H15N3S/c1-12-5-4-6-13(9-12)15-10-16(19-18-15)20-11-14-7-2-3-8-17-14/h2-9H,10-11H2,1H3. The summed E-state index contributed by atoms with van der Waals surface area (Å²) in [6.07, 6.45) is 2.64. The summed E-state index contributed by atoms with van der Waals surface area (Å²) in [6, 6.07) is 14.4. The summed E-state index contributed by atoms with van der Waals surface area (Å²) in [5, 5.41) is 9.64. The van der Waals surface area contributed by atoms with Crippen LogP contribution in [0.25, 0.3) is 0 Å². The maximum atomic E-state index is 4.32. The van der Waals surface area contributed by atoms with Crippen molar-refractivity contribution in [2.45, 2.75) is 19.1 Å². The molecule has 0 atom stereocenters. The molecule has 0 bridgehead atoms. The molecule has 2 heterocycles. The molecular formula is C16H15N3S. The number of aromatic nitrogens is 1. The maximum absolute atomic E-state index is 4.32. The highest BCUT2D eigenvalue weighted by Crippen LogP contribution is 2.21. The summed E-state index contributed by atoms with van der Waals surface area (Å²) in [5.74, 6) is 0.844. The summed E-state index contributed by atoms with van der Waals surface area (Å²) in [4.78, 5) is 4.32. The molecular weight excluding hydrogens is 266 g/mol. The summed E-state index contributed by atoms with van der Waals surface area (Å²) in [7, 11) is 0. The highest BCUT2D eigenvalue weighted by Gasteiger charge is 2.15. The van der Waals surface area contributed by atoms with Crippen LogP contribution in [0.4, 0.5) is 0 Å². The van der Waals surface area contributed by atoms with E-state index in [0.717, 1.165) is 28.6 Å². The highest BCUT2D eigenvalue weighted by molar-refractivity contribution is 8.13. The van der Waals surface area contributed by atoms with Crippen LogP contribution in [0, 0.1) is 6.92 Å². The van der Waals surface area contributed by atoms with Gasteiger partial charge in [-0.25, -0.2) is 0 Å². The molecule has 1 aliphatic heterocycles. The highest BCUT2D eigenvalue weighted by atomic mass is 32.2. The Hall–Kier alpha value is -1.94. The molecule has 3 nitrogen and oxygen atoms in total. The molecule has 0 fully saturated rings. The molecule has 2 aromatic rings. The third kappa shape index (κ3) is 3.14. The Morgan fingerprint density at radius 3 is 2.85 bits per heavy atom. The quantitative estimate of drug-likeness (QED) is 0.857. The minimum Gasteiger partial charge on any atom is -0.260 e. The topological polar surface area (TPSA) is 37.6 Å². The predicted octanol–water partition coefficient (Wildman–Crippen LogP) is 3.83. The monoisotopic (exact) mass is 281 g/mol. The van der Waals surface area contributed by atoms with Gasteiger partial charge in [0.25, 0.3) is 0 Å². The van der Waals surface area contributed by atoms with E-state index in [1.807, 2.05) is 24.4 Å². The molecule has 0 amide bonds. The van der Waals surface area contributed by atoms with Crippen molar-refractivity contribution in [3.8, 4) is 0 Å². The van der Waals surface area contributed by atoms with Crippen molar-refractivity contribution in [3.05, 3.63) is 65.5 Å². The lowest BCUT2D eigenvalue weighted by atomic mass is 10.1. The summed E-state index contributed by atoms with van der Waals surface area (Å²) in [6.45, 7) is 2.09. The zero-order valence-electron chi connectivity index (χ0n) is 11.3. The Bertz CT molecular complexity index is 662. The zero-order chi connectivity index (χ0) is 13.8. The van der Waals surface area contributed by atoms with E-state index in [-0.39, 0.29) is 0 Å². The van der Waals surface area contributed by atoms with Crippen LogP contribution < -0.4 is 0 Å². The Labute approximate surface area is 122 Å². The summed E-state index contributed by atoms with van der Waals surface area (Å²) < 4.78 is 0. The number of hydrogen-bond acceptors (Lipinski definition) is 4. The molecule has 0 radical (unpaired) electrons. The molecule has 1 aromatic carbocycles. The minimum absolute atomic E-state index is 0.820. The van der Waals surface area contributed by atoms with Crippen molar-refractivity contribution in [1.82, 2.24) is 4.98 Å². The first-order valence-corrected chi connectivity index (χ1v) is 7.53. The van der Waals surface area contributed by atoms with E-state index < -0.39 is 0 Å². The minimum atomic E-state index is 0.820. The molecule has 0 saturated carbocycles. The predicted molar refractivity (Wildman–Crippen MR) is 85.3 cm³/mol. The lowest BCUT2D eigenvalue weighted by Gasteiger charge is -2.02. The van der Waals surface area contributed by atoms with Gasteiger partial charge in [-0.2, -0.15) is 5.10 Å². The fraction of sp³-hybridized carbons (Fsp3) is 0.188. The maximum Gasteiger partial charge on any atom is 0.102 e. The van der Waals surface area contributed by atoms with Crippen LogP contribution in [0.2, 0.25) is 0 Å². The SMILES string of the molecule is Cc1cccc(C2=NN=C(SCc3ccccn3)C2)c1. The van der Waals surface area contributed by atoms with E-state index in [0.29, 0.717) is 0 Å². The third-order valence-corrected chi connectivity index (χ3v) is 4.06. The van der Waals surface area contributed by atoms with Crippen LogP contribution in [0.1, 0.15) is 23.2 Å². The number of rotatable bonds is 3. The van der Waals surface area contributed by atoms with Gasteiger partial charge in [-0.3, -0.25) is 4.98 Å². The largest absolute Gasteiger partial charge is 0.260 e. The van der Waals surface area contributed by atoms with E-state index in [4.69, 9.17) is 0 Å². The average molecular weight is 281 g/mol. The van der Waals surface area contributed by atoms with Gasteiger partial charge in [0.1, 0.15) is 5.04 Å². The first-order valence-electron chi connectivity index (χ1n) is 6.54. The molecule has 0 N–H and O–H groups in total. The number of aryl methyl sites for hydroxylation is 1. The molecule has 1 aliphatic rings. The zero-order valence-corrected chi connectivity index (χ0v) is 12.1. The fourth-order valence-corrected chi connectivity index (χ4v) is 2.86. The van der Waals surface area contributed by atoms with Gasteiger partial charge in [-0.15, -0.1) is 16.9 Å². The Balaban J connectivity index is 1.59. The number of benzene rings is 1. The Morgan fingerprint density at radius 1 is 1.10 bits per heavy atom. The van der Waals surface area contributed by atoms with Crippen LogP contribution in [-0.4, -0.2) is 15.7 Å². The molecule has 20 heavy (non-hydrogen) atoms. The van der Waals surface area contributed by atoms with Crippen LogP contribution in [-0.2, 0) is 5.75 Å². The molecule has 3 rings (SSSR count). The normalized spacial score (nSPS) is 14.1. The Kier molecular flexibility index (Phi) is 3.92. The van der Waals surface area contributed by atoms with Crippen molar-refractivity contribution in [2.24, 2.45) is 10.2 Å². The van der Waals surface area contributed by atoms with Gasteiger partial charge in [0.15, 0.2) is 0 Å². The molecule has 4 heteroatoms. The lowest BCUT2D eigenvalue weighted by Crippen LogP contribution is -2.02. The molecule has 1 aromatic heterocycles. The van der Waals surface area contributed by atoms with E-state index in [1.54, 1.807) is 11.8 Å². The van der Waals surface area contributed by atoms with Crippen molar-refractivity contribution in [3.63, 3.8) is 0 Å². The smallest absolute Gasteiger partial charge is 0.102 e. The average Bonchev–Trinajstić information content (AvgIpc) is 2.95. The van der Waals surface area contributed by atoms with Crippen molar-refractivity contribution >= 4 is 22.5 Å². The molecule has 0 aliphatic carbocycles. The van der Waals surface area contributed by atoms with Gasteiger partial charge < -0.3 is 0 Å². The van der Waals surface area contributed by atoms with Gasteiger partial charge >= 0.3 is 0 Å². The van der Waals surface area contributed by atoms with E-state index >= 15 is 0 Å². The van der Waals surface area contributed by atoms with Crippen molar-refractivity contribution in [2.75, 3.05) is 0 Å². The van der Waals surface area contributed by atoms with E-state index in [9.17, 15) is 0 Å². The van der Waals surface area contributed by atoms with Gasteiger partial charge in [0.05, 0.1) is 11.4 Å². The van der Waals surface area contributed by atoms with Crippen LogP contribution in [0.3, 0.4) is 0 Å². The third-order valence-electron chi connectivity index (χ3n) is 3.07. The second-order valence-corrected chi connectivity index (χ2v) is 5.75. The number of hydrogen-bond donors (Lipinski definition) is 0. The molecule has 100 valence electrons. The second kappa shape index (κ2) is 6.01. The fourth-order valence-electron chi connectivity index (χ4n) is 2.04. The first kappa shape index (κ1) is 13.1. The number of thioether (sulfide) groups is 1. The lowest BCUT2D eigenvalue weighted by molar-refractivity contribution is 1.18. The molecule has 0 saturated heterocycles. The summed E-state index contributed by atoms with van der Waals surface area (Å²) >= 11 is 1.71. The van der Waals surface area contributed by atoms with E-state index in [2.05, 4.69) is 46.4 Å². The van der Waals surface area contributed by atoms with Gasteiger partial charge in [0.2, 0.25) is 0 Å². The van der Waals surface area contributed by atoms with Crippen molar-refractivity contribution < 1.29 is 0 Å². The number of nitrogens with zero attached hydrogens (tertiary/aromatic N) is 3. The van der Waals surface area contributed by atoms with Crippen LogP contribution >= 0.6 is 11.8 Å². The number of pyridine rings is 1. The molecule has 0 unspecified atom stereocenters. The summed E-state index contributed by atoms with van der Waals surface area (Å²) in [5.41, 5.74) is 4.54. The first-order chi connectivity index (χ1) is 9.81. The van der Waals surface area contributed by atoms with E-state index in [1.165, 1.54) is 11.1 Å². The van der Waals surface area contributed by atoms with Gasteiger partial charge in [-0.05, 0) is 24.6 Å². The Morgan fingerprint density at radius 2 is 2.05 bits per heavy atom. The van der Waals surface area contributed by atoms with Crippen molar-refractivity contribution in [1.29, 1.82) is 0 Å². The van der Waals surface area contributed by atoms with Gasteiger partial charge in [-0.1, -0.05) is 35.9 Å². The van der Waals surface area contributed by atoms with Crippen LogP contribution in [0.5, 0.6) is 0 Å².